The van der Waals surface area contributed by atoms with Gasteiger partial charge in [0.15, 0.2) is 6.61 Å². The number of thiophene rings is 1. The lowest BCUT2D eigenvalue weighted by atomic mass is 10.1. The molecule has 0 saturated heterocycles. The highest BCUT2D eigenvalue weighted by Crippen LogP contribution is 2.26. The lowest BCUT2D eigenvalue weighted by Crippen LogP contribution is -2.14. The van der Waals surface area contributed by atoms with Crippen LogP contribution in [0.1, 0.15) is 20.0 Å². The number of esters is 1. The average molecular weight is 344 g/mol. The van der Waals surface area contributed by atoms with Crippen molar-refractivity contribution >= 4 is 33.2 Å². The van der Waals surface area contributed by atoms with Gasteiger partial charge in [-0.15, -0.1) is 11.3 Å². The SMILES string of the molecule is COc1ccc(F)cc1C(=O)COC(=O)c1cc2ccccc2s1. The topological polar surface area (TPSA) is 52.6 Å². The van der Waals surface area contributed by atoms with E-state index in [1.807, 2.05) is 24.3 Å². The van der Waals surface area contributed by atoms with Crippen molar-refractivity contribution < 1.29 is 23.5 Å². The number of carbonyl (C=O) groups excluding carboxylic acids is 2. The minimum atomic E-state index is -0.583. The fourth-order valence-electron chi connectivity index (χ4n) is 2.26. The Labute approximate surface area is 141 Å². The monoisotopic (exact) mass is 344 g/mol. The minimum absolute atomic E-state index is 0.0432. The van der Waals surface area contributed by atoms with Gasteiger partial charge in [0.2, 0.25) is 5.78 Å². The van der Waals surface area contributed by atoms with E-state index < -0.39 is 24.2 Å². The lowest BCUT2D eigenvalue weighted by Gasteiger charge is -2.08. The number of fused-ring (bicyclic) bond motifs is 1. The Balaban J connectivity index is 1.72. The molecule has 0 bridgehead atoms. The van der Waals surface area contributed by atoms with Crippen LogP contribution < -0.4 is 4.74 Å². The second kappa shape index (κ2) is 6.80. The number of carbonyl (C=O) groups is 2. The fourth-order valence-corrected chi connectivity index (χ4v) is 3.22. The third kappa shape index (κ3) is 3.28. The van der Waals surface area contributed by atoms with Crippen molar-refractivity contribution in [2.75, 3.05) is 13.7 Å². The van der Waals surface area contributed by atoms with Crippen LogP contribution >= 0.6 is 11.3 Å². The van der Waals surface area contributed by atoms with Crippen LogP contribution in [0.2, 0.25) is 0 Å². The Morgan fingerprint density at radius 1 is 1.12 bits per heavy atom. The Bertz CT molecular complexity index is 883. The van der Waals surface area contributed by atoms with Gasteiger partial charge < -0.3 is 9.47 Å². The second-order valence-corrected chi connectivity index (χ2v) is 6.08. The summed E-state index contributed by atoms with van der Waals surface area (Å²) in [5.41, 5.74) is 0.0432. The molecule has 0 N–H and O–H groups in total. The molecular formula is C18H13FO4S. The van der Waals surface area contributed by atoms with Gasteiger partial charge in [-0.1, -0.05) is 18.2 Å². The molecule has 4 nitrogen and oxygen atoms in total. The maximum atomic E-state index is 13.3. The molecule has 2 aromatic carbocycles. The molecule has 6 heteroatoms. The van der Waals surface area contributed by atoms with Crippen LogP contribution in [0.15, 0.2) is 48.5 Å². The molecule has 0 aliphatic carbocycles. The van der Waals surface area contributed by atoms with Gasteiger partial charge in [-0.2, -0.15) is 0 Å². The summed E-state index contributed by atoms with van der Waals surface area (Å²) >= 11 is 1.29. The number of Topliss-reactive ketones (excluding diaryl/α,β-unsaturated/α-hetero) is 1. The maximum Gasteiger partial charge on any atom is 0.348 e. The number of hydrogen-bond acceptors (Lipinski definition) is 5. The molecular weight excluding hydrogens is 331 g/mol. The third-order valence-corrected chi connectivity index (χ3v) is 4.52. The fraction of sp³-hybridized carbons (Fsp3) is 0.111. The van der Waals surface area contributed by atoms with Crippen LogP contribution in [0.5, 0.6) is 5.75 Å². The number of ether oxygens (including phenoxy) is 2. The predicted molar refractivity (Wildman–Crippen MR) is 89.4 cm³/mol. The van der Waals surface area contributed by atoms with Gasteiger partial charge >= 0.3 is 5.97 Å². The number of hydrogen-bond donors (Lipinski definition) is 0. The van der Waals surface area contributed by atoms with Crippen molar-refractivity contribution in [3.8, 4) is 5.75 Å². The van der Waals surface area contributed by atoms with Crippen LogP contribution in [0.4, 0.5) is 4.39 Å². The molecule has 0 aliphatic heterocycles. The molecule has 0 saturated carbocycles. The molecule has 0 aliphatic rings. The Morgan fingerprint density at radius 2 is 1.92 bits per heavy atom. The first-order valence-electron chi connectivity index (χ1n) is 7.11. The summed E-state index contributed by atoms with van der Waals surface area (Å²) in [5, 5.41) is 0.938. The average Bonchev–Trinajstić information content (AvgIpc) is 3.03. The Kier molecular flexibility index (Phi) is 4.57. The highest BCUT2D eigenvalue weighted by molar-refractivity contribution is 7.20. The summed E-state index contributed by atoms with van der Waals surface area (Å²) in [6.07, 6.45) is 0. The van der Waals surface area contributed by atoms with Crippen molar-refractivity contribution in [3.63, 3.8) is 0 Å². The summed E-state index contributed by atoms with van der Waals surface area (Å²) in [4.78, 5) is 24.7. The van der Waals surface area contributed by atoms with E-state index in [-0.39, 0.29) is 11.3 Å². The summed E-state index contributed by atoms with van der Waals surface area (Å²) in [6, 6.07) is 12.9. The zero-order valence-electron chi connectivity index (χ0n) is 12.7. The standard InChI is InChI=1S/C18H13FO4S/c1-22-15-7-6-12(19)9-13(15)14(20)10-23-18(21)17-8-11-4-2-3-5-16(11)24-17/h2-9H,10H2,1H3. The summed E-state index contributed by atoms with van der Waals surface area (Å²) in [6.45, 7) is -0.479. The van der Waals surface area contributed by atoms with Crippen LogP contribution in [0.3, 0.4) is 0 Å². The van der Waals surface area contributed by atoms with Gasteiger partial charge in [0.05, 0.1) is 12.7 Å². The van der Waals surface area contributed by atoms with Gasteiger partial charge in [0.1, 0.15) is 16.4 Å². The minimum Gasteiger partial charge on any atom is -0.496 e. The predicted octanol–water partition coefficient (Wildman–Crippen LogP) is 4.09. The first-order valence-corrected chi connectivity index (χ1v) is 7.92. The number of benzene rings is 2. The van der Waals surface area contributed by atoms with E-state index in [0.717, 1.165) is 16.2 Å². The summed E-state index contributed by atoms with van der Waals surface area (Å²) in [7, 11) is 1.38. The van der Waals surface area contributed by atoms with Crippen molar-refractivity contribution in [1.82, 2.24) is 0 Å². The van der Waals surface area contributed by atoms with E-state index in [4.69, 9.17) is 9.47 Å². The summed E-state index contributed by atoms with van der Waals surface area (Å²) in [5.74, 6) is -1.44. The Morgan fingerprint density at radius 3 is 2.67 bits per heavy atom. The molecule has 0 spiro atoms. The van der Waals surface area contributed by atoms with Crippen LogP contribution in [0.25, 0.3) is 10.1 Å². The first kappa shape index (κ1) is 16.1. The molecule has 1 aromatic heterocycles. The molecule has 3 rings (SSSR count). The number of halogens is 1. The first-order chi connectivity index (χ1) is 11.6. The van der Waals surface area contributed by atoms with Gasteiger partial charge in [-0.25, -0.2) is 9.18 Å². The van der Waals surface area contributed by atoms with Gasteiger partial charge in [-0.3, -0.25) is 4.79 Å². The van der Waals surface area contributed by atoms with Gasteiger partial charge in [0.25, 0.3) is 0 Å². The van der Waals surface area contributed by atoms with Crippen LogP contribution in [-0.2, 0) is 4.74 Å². The largest absolute Gasteiger partial charge is 0.496 e. The van der Waals surface area contributed by atoms with Crippen molar-refractivity contribution in [1.29, 1.82) is 0 Å². The summed E-state index contributed by atoms with van der Waals surface area (Å²) < 4.78 is 24.4. The van der Waals surface area contributed by atoms with E-state index in [1.165, 1.54) is 30.6 Å². The molecule has 0 amide bonds. The van der Waals surface area contributed by atoms with E-state index in [0.29, 0.717) is 4.88 Å². The van der Waals surface area contributed by atoms with E-state index in [9.17, 15) is 14.0 Å². The molecule has 122 valence electrons. The quantitative estimate of drug-likeness (QED) is 0.517. The van der Waals surface area contributed by atoms with Crippen molar-refractivity contribution in [3.05, 3.63) is 64.8 Å². The normalized spacial score (nSPS) is 10.6. The molecule has 0 fully saturated rings. The third-order valence-electron chi connectivity index (χ3n) is 3.42. The highest BCUT2D eigenvalue weighted by atomic mass is 32.1. The van der Waals surface area contributed by atoms with Crippen LogP contribution in [-0.4, -0.2) is 25.5 Å². The smallest absolute Gasteiger partial charge is 0.348 e. The van der Waals surface area contributed by atoms with Gasteiger partial charge in [0, 0.05) is 4.70 Å². The second-order valence-electron chi connectivity index (χ2n) is 4.99. The van der Waals surface area contributed by atoms with E-state index in [2.05, 4.69) is 0 Å². The van der Waals surface area contributed by atoms with Crippen LogP contribution in [0, 0.1) is 5.82 Å². The highest BCUT2D eigenvalue weighted by Gasteiger charge is 2.17. The number of ketones is 1. The van der Waals surface area contributed by atoms with E-state index in [1.54, 1.807) is 6.07 Å². The molecule has 0 atom stereocenters. The Hall–Kier alpha value is -2.73. The zero-order chi connectivity index (χ0) is 17.1. The molecule has 0 unspecified atom stereocenters. The molecule has 24 heavy (non-hydrogen) atoms. The van der Waals surface area contributed by atoms with E-state index >= 15 is 0 Å². The molecule has 0 radical (unpaired) electrons. The van der Waals surface area contributed by atoms with Gasteiger partial charge in [-0.05, 0) is 35.7 Å². The van der Waals surface area contributed by atoms with Crippen molar-refractivity contribution in [2.24, 2.45) is 0 Å². The van der Waals surface area contributed by atoms with Crippen molar-refractivity contribution in [2.45, 2.75) is 0 Å². The molecule has 3 aromatic rings. The number of methoxy groups -OCH3 is 1. The molecule has 1 heterocycles. The lowest BCUT2D eigenvalue weighted by molar-refractivity contribution is 0.0479. The zero-order valence-corrected chi connectivity index (χ0v) is 13.6. The maximum absolute atomic E-state index is 13.3. The number of rotatable bonds is 5.